The Balaban J connectivity index is 1.44. The van der Waals surface area contributed by atoms with Gasteiger partial charge in [-0.25, -0.2) is 4.39 Å². The molecule has 1 heterocycles. The van der Waals surface area contributed by atoms with Gasteiger partial charge in [-0.15, -0.1) is 0 Å². The molecule has 1 saturated heterocycles. The van der Waals surface area contributed by atoms with Crippen LogP contribution >= 0.6 is 0 Å². The molecule has 0 unspecified atom stereocenters. The molecule has 1 aromatic carbocycles. The van der Waals surface area contributed by atoms with Gasteiger partial charge in [0.25, 0.3) is 0 Å². The second-order valence-corrected chi connectivity index (χ2v) is 5.97. The van der Waals surface area contributed by atoms with E-state index in [9.17, 15) is 9.18 Å². The third kappa shape index (κ3) is 3.57. The summed E-state index contributed by atoms with van der Waals surface area (Å²) in [4.78, 5) is 14.5. The van der Waals surface area contributed by atoms with E-state index >= 15 is 0 Å². The van der Waals surface area contributed by atoms with Crippen molar-refractivity contribution >= 4 is 11.6 Å². The van der Waals surface area contributed by atoms with E-state index in [0.29, 0.717) is 18.0 Å². The Morgan fingerprint density at radius 3 is 2.65 bits per heavy atom. The fourth-order valence-corrected chi connectivity index (χ4v) is 3.00. The molecular weight excluding hydrogens is 255 g/mol. The number of carbonyl (C=O) groups is 1. The lowest BCUT2D eigenvalue weighted by molar-refractivity contribution is -0.117. The highest BCUT2D eigenvalue weighted by atomic mass is 19.1. The molecule has 1 aliphatic carbocycles. The highest BCUT2D eigenvalue weighted by Gasteiger charge is 2.32. The number of halogens is 1. The van der Waals surface area contributed by atoms with Gasteiger partial charge in [-0.1, -0.05) is 6.07 Å². The smallest absolute Gasteiger partial charge is 0.224 e. The number of piperidine rings is 1. The van der Waals surface area contributed by atoms with Crippen LogP contribution in [0.4, 0.5) is 10.1 Å². The zero-order chi connectivity index (χ0) is 13.9. The van der Waals surface area contributed by atoms with Crippen molar-refractivity contribution in [2.24, 2.45) is 5.92 Å². The van der Waals surface area contributed by atoms with Gasteiger partial charge in [-0.05, 0) is 62.9 Å². The molecule has 108 valence electrons. The molecule has 3 rings (SSSR count). The van der Waals surface area contributed by atoms with Crippen LogP contribution in [0.5, 0.6) is 0 Å². The summed E-state index contributed by atoms with van der Waals surface area (Å²) in [7, 11) is 0. The van der Waals surface area contributed by atoms with Gasteiger partial charge in [0.2, 0.25) is 5.91 Å². The Labute approximate surface area is 119 Å². The summed E-state index contributed by atoms with van der Waals surface area (Å²) in [6.07, 6.45) is 5.46. The lowest BCUT2D eigenvalue weighted by Crippen LogP contribution is -2.36. The number of benzene rings is 1. The zero-order valence-corrected chi connectivity index (χ0v) is 11.6. The molecule has 1 N–H and O–H groups in total. The van der Waals surface area contributed by atoms with Crippen LogP contribution in [0, 0.1) is 11.7 Å². The number of likely N-dealkylation sites (tertiary alicyclic amines) is 1. The predicted octanol–water partition coefficient (Wildman–Crippen LogP) is 3.03. The van der Waals surface area contributed by atoms with Gasteiger partial charge in [0, 0.05) is 18.2 Å². The van der Waals surface area contributed by atoms with Crippen molar-refractivity contribution in [2.75, 3.05) is 18.4 Å². The normalized spacial score (nSPS) is 20.9. The largest absolute Gasteiger partial charge is 0.326 e. The summed E-state index contributed by atoms with van der Waals surface area (Å²) in [5.74, 6) is 0.152. The van der Waals surface area contributed by atoms with E-state index in [0.717, 1.165) is 32.0 Å². The Bertz CT molecular complexity index is 479. The van der Waals surface area contributed by atoms with Gasteiger partial charge in [0.1, 0.15) is 5.82 Å². The maximum absolute atomic E-state index is 13.0. The van der Waals surface area contributed by atoms with E-state index in [4.69, 9.17) is 0 Å². The van der Waals surface area contributed by atoms with Crippen LogP contribution in [0.1, 0.15) is 32.1 Å². The summed E-state index contributed by atoms with van der Waals surface area (Å²) in [5.41, 5.74) is 0.547. The fraction of sp³-hybridized carbons (Fsp3) is 0.562. The van der Waals surface area contributed by atoms with E-state index in [2.05, 4.69) is 10.2 Å². The first kappa shape index (κ1) is 13.6. The minimum Gasteiger partial charge on any atom is -0.326 e. The van der Waals surface area contributed by atoms with Crippen LogP contribution in [0.2, 0.25) is 0 Å². The molecule has 20 heavy (non-hydrogen) atoms. The summed E-state index contributed by atoms with van der Waals surface area (Å²) in [5, 5.41) is 2.78. The quantitative estimate of drug-likeness (QED) is 0.916. The Morgan fingerprint density at radius 2 is 2.00 bits per heavy atom. The first-order chi connectivity index (χ1) is 9.70. The number of nitrogens with zero attached hydrogens (tertiary/aromatic N) is 1. The number of hydrogen-bond acceptors (Lipinski definition) is 2. The maximum atomic E-state index is 13.0. The van der Waals surface area contributed by atoms with Crippen LogP contribution in [0.25, 0.3) is 0 Å². The Morgan fingerprint density at radius 1 is 1.25 bits per heavy atom. The molecule has 4 heteroatoms. The fourth-order valence-electron chi connectivity index (χ4n) is 3.00. The second-order valence-electron chi connectivity index (χ2n) is 5.97. The molecule has 3 nitrogen and oxygen atoms in total. The average Bonchev–Trinajstić information content (AvgIpc) is 3.24. The van der Waals surface area contributed by atoms with E-state index in [1.165, 1.54) is 25.0 Å². The van der Waals surface area contributed by atoms with Crippen molar-refractivity contribution < 1.29 is 9.18 Å². The second kappa shape index (κ2) is 5.92. The third-order valence-corrected chi connectivity index (χ3v) is 4.29. The molecule has 0 aromatic heterocycles. The minimum atomic E-state index is -0.319. The van der Waals surface area contributed by atoms with Gasteiger partial charge in [0.15, 0.2) is 0 Å². The van der Waals surface area contributed by atoms with E-state index in [1.54, 1.807) is 12.1 Å². The highest BCUT2D eigenvalue weighted by molar-refractivity contribution is 5.90. The van der Waals surface area contributed by atoms with Gasteiger partial charge in [-0.2, -0.15) is 0 Å². The Kier molecular flexibility index (Phi) is 4.01. The lowest BCUT2D eigenvalue weighted by atomic mass is 9.93. The number of carbonyl (C=O) groups excluding carboxylic acids is 1. The molecular formula is C16H21FN2O. The van der Waals surface area contributed by atoms with Gasteiger partial charge < -0.3 is 10.2 Å². The molecule has 0 spiro atoms. The lowest BCUT2D eigenvalue weighted by Gasteiger charge is -2.31. The van der Waals surface area contributed by atoms with Crippen molar-refractivity contribution in [2.45, 2.75) is 38.1 Å². The number of rotatable bonds is 4. The molecule has 1 aliphatic heterocycles. The summed E-state index contributed by atoms with van der Waals surface area (Å²) < 4.78 is 13.0. The molecule has 0 atom stereocenters. The summed E-state index contributed by atoms with van der Waals surface area (Å²) >= 11 is 0. The average molecular weight is 276 g/mol. The molecule has 1 aromatic rings. The molecule has 2 fully saturated rings. The van der Waals surface area contributed by atoms with E-state index < -0.39 is 0 Å². The molecule has 0 radical (unpaired) electrons. The van der Waals surface area contributed by atoms with Crippen LogP contribution in [0.15, 0.2) is 24.3 Å². The first-order valence-electron chi connectivity index (χ1n) is 7.50. The topological polar surface area (TPSA) is 32.3 Å². The van der Waals surface area contributed by atoms with Crippen LogP contribution < -0.4 is 5.32 Å². The number of amides is 1. The maximum Gasteiger partial charge on any atom is 0.224 e. The first-order valence-corrected chi connectivity index (χ1v) is 7.50. The zero-order valence-electron chi connectivity index (χ0n) is 11.6. The minimum absolute atomic E-state index is 0.000437. The van der Waals surface area contributed by atoms with E-state index in [-0.39, 0.29) is 11.7 Å². The standard InChI is InChI=1S/C16H21FN2O/c17-13-2-1-3-14(11-13)18-16(20)10-12-6-8-19(9-7-12)15-4-5-15/h1-3,11-12,15H,4-10H2,(H,18,20). The number of hydrogen-bond donors (Lipinski definition) is 1. The SMILES string of the molecule is O=C(CC1CCN(C2CC2)CC1)Nc1cccc(F)c1. The van der Waals surface area contributed by atoms with Crippen LogP contribution in [-0.2, 0) is 4.79 Å². The van der Waals surface area contributed by atoms with Gasteiger partial charge in [0.05, 0.1) is 0 Å². The van der Waals surface area contributed by atoms with Gasteiger partial charge in [-0.3, -0.25) is 4.79 Å². The van der Waals surface area contributed by atoms with Gasteiger partial charge >= 0.3 is 0 Å². The van der Waals surface area contributed by atoms with Crippen molar-refractivity contribution in [3.05, 3.63) is 30.1 Å². The molecule has 1 amide bonds. The summed E-state index contributed by atoms with van der Waals surface area (Å²) in [6, 6.07) is 6.89. The van der Waals surface area contributed by atoms with Crippen molar-refractivity contribution in [1.82, 2.24) is 4.90 Å². The van der Waals surface area contributed by atoms with Crippen LogP contribution in [-0.4, -0.2) is 29.9 Å². The highest BCUT2D eigenvalue weighted by Crippen LogP contribution is 2.31. The third-order valence-electron chi connectivity index (χ3n) is 4.29. The monoisotopic (exact) mass is 276 g/mol. The van der Waals surface area contributed by atoms with Crippen molar-refractivity contribution in [3.63, 3.8) is 0 Å². The molecule has 0 bridgehead atoms. The van der Waals surface area contributed by atoms with Crippen LogP contribution in [0.3, 0.4) is 0 Å². The summed E-state index contributed by atoms with van der Waals surface area (Å²) in [6.45, 7) is 2.26. The molecule has 1 saturated carbocycles. The predicted molar refractivity (Wildman–Crippen MR) is 77.0 cm³/mol. The van der Waals surface area contributed by atoms with E-state index in [1.807, 2.05) is 0 Å². The van der Waals surface area contributed by atoms with Crippen molar-refractivity contribution in [1.29, 1.82) is 0 Å². The Hall–Kier alpha value is -1.42. The number of anilines is 1. The molecule has 2 aliphatic rings. The van der Waals surface area contributed by atoms with Crippen molar-refractivity contribution in [3.8, 4) is 0 Å². The number of nitrogens with one attached hydrogen (secondary N) is 1.